The minimum atomic E-state index is -2.68. The van der Waals surface area contributed by atoms with Gasteiger partial charge in [-0.05, 0) is 0 Å². The van der Waals surface area contributed by atoms with E-state index in [1.54, 1.807) is 0 Å². The van der Waals surface area contributed by atoms with Crippen molar-refractivity contribution in [2.24, 2.45) is 0 Å². The van der Waals surface area contributed by atoms with E-state index in [2.05, 4.69) is 0 Å². The molecule has 0 bridgehead atoms. The summed E-state index contributed by atoms with van der Waals surface area (Å²) in [7, 11) is 0. The summed E-state index contributed by atoms with van der Waals surface area (Å²) in [6.45, 7) is 0. The first-order valence-corrected chi connectivity index (χ1v) is 8.50. The Morgan fingerprint density at radius 2 is 0.846 bits per heavy atom. The maximum absolute atomic E-state index is 9.59. The van der Waals surface area contributed by atoms with Gasteiger partial charge in [0, 0.05) is 0 Å². The molecule has 0 aliphatic carbocycles. The van der Waals surface area contributed by atoms with Crippen molar-refractivity contribution < 1.29 is 31.7 Å². The Bertz CT molecular complexity index is 203. The summed E-state index contributed by atoms with van der Waals surface area (Å²) in [5, 5.41) is 0. The zero-order chi connectivity index (χ0) is 9.94. The van der Waals surface area contributed by atoms with Crippen molar-refractivity contribution in [1.29, 1.82) is 0 Å². The van der Waals surface area contributed by atoms with Crippen molar-refractivity contribution in [3.8, 4) is 0 Å². The summed E-state index contributed by atoms with van der Waals surface area (Å²) in [4.78, 5) is 28.8. The summed E-state index contributed by atoms with van der Waals surface area (Å²) in [5.41, 5.74) is 0. The van der Waals surface area contributed by atoms with E-state index in [1.807, 2.05) is 36.4 Å². The third-order valence-corrected chi connectivity index (χ3v) is 3.40. The van der Waals surface area contributed by atoms with Crippen LogP contribution in [0.3, 0.4) is 0 Å². The third-order valence-electron chi connectivity index (χ3n) is 1.00. The fourth-order valence-electron chi connectivity index (χ4n) is 0.453. The van der Waals surface area contributed by atoms with E-state index in [1.165, 1.54) is 0 Å². The van der Waals surface area contributed by atoms with Crippen LogP contribution in [0.1, 0.15) is 0 Å². The molecule has 0 heterocycles. The molecule has 1 aromatic carbocycles. The Morgan fingerprint density at radius 3 is 0.923 bits per heavy atom. The molecule has 0 atom stereocenters. The monoisotopic (exact) mass is 349 g/mol. The number of carbonyl (C=O) groups is 3. The van der Waals surface area contributed by atoms with Crippen molar-refractivity contribution in [2.45, 2.75) is 0 Å². The second-order valence-corrected chi connectivity index (χ2v) is 6.86. The number of benzene rings is 1. The van der Waals surface area contributed by atoms with Crippen LogP contribution in [0.4, 0.5) is 0 Å². The zero-order valence-electron chi connectivity index (χ0n) is 6.83. The molecular weight excluding hydrogens is 340 g/mol. The fourth-order valence-corrected chi connectivity index (χ4v) is 0.942. The van der Waals surface area contributed by atoms with Crippen LogP contribution < -0.4 is 0 Å². The number of rotatable bonds is 3. The van der Waals surface area contributed by atoms with Crippen LogP contribution in [0.5, 0.6) is 0 Å². The summed E-state index contributed by atoms with van der Waals surface area (Å²) in [6.07, 6.45) is 0. The van der Waals surface area contributed by atoms with Gasteiger partial charge in [0.2, 0.25) is 0 Å². The Labute approximate surface area is 82.3 Å². The molecule has 4 heteroatoms. The van der Waals surface area contributed by atoms with Crippen molar-refractivity contribution in [1.82, 2.24) is 0 Å². The van der Waals surface area contributed by atoms with Gasteiger partial charge in [0.15, 0.2) is 0 Å². The molecule has 0 saturated carbocycles. The van der Waals surface area contributed by atoms with Crippen LogP contribution in [0, 0.1) is 0 Å². The minimum Gasteiger partial charge on any atom is -0.0623 e. The first-order valence-electron chi connectivity index (χ1n) is 3.41. The Hall–Kier alpha value is -1.08. The zero-order valence-corrected chi connectivity index (χ0v) is 9.76. The quantitative estimate of drug-likeness (QED) is 0.761. The topological polar surface area (TPSA) is 51.2 Å². The van der Waals surface area contributed by atoms with Gasteiger partial charge in [-0.1, -0.05) is 36.4 Å². The molecule has 0 aromatic heterocycles. The van der Waals surface area contributed by atoms with Gasteiger partial charge in [-0.15, -0.1) is 0 Å². The molecule has 0 spiro atoms. The molecule has 1 aromatic rings. The molecule has 0 fully saturated rings. The predicted molar refractivity (Wildman–Crippen MR) is 46.7 cm³/mol. The van der Waals surface area contributed by atoms with Crippen LogP contribution >= 0.6 is 0 Å². The van der Waals surface area contributed by atoms with Gasteiger partial charge in [-0.3, -0.25) is 0 Å². The van der Waals surface area contributed by atoms with E-state index in [4.69, 9.17) is 0 Å². The largest absolute Gasteiger partial charge is 0.0623 e. The van der Waals surface area contributed by atoms with Crippen molar-refractivity contribution in [2.75, 3.05) is 0 Å². The molecule has 0 unspecified atom stereocenters. The molecule has 0 aliphatic rings. The normalized spacial score (nSPS) is 8.08. The maximum Gasteiger partial charge on any atom is -0.0623 e. The standard InChI is InChI=1S/C6H6.3CHO.W/c1-2-4-6-5-3-1;3*1-2;/h1-6H;3*1H;. The van der Waals surface area contributed by atoms with Crippen LogP contribution in [0.15, 0.2) is 36.4 Å². The van der Waals surface area contributed by atoms with Gasteiger partial charge < -0.3 is 0 Å². The van der Waals surface area contributed by atoms with Gasteiger partial charge >= 0.3 is 45.7 Å². The first kappa shape index (κ1) is 11.9. The van der Waals surface area contributed by atoms with E-state index in [0.29, 0.717) is 14.0 Å². The smallest absolute Gasteiger partial charge is 0.0623 e. The Balaban J connectivity index is 0.000000223. The molecule has 69 valence electrons. The molecular formula is C9H9O3W. The third kappa shape index (κ3) is 7.28. The van der Waals surface area contributed by atoms with Crippen molar-refractivity contribution in [3.05, 3.63) is 36.4 Å². The van der Waals surface area contributed by atoms with Gasteiger partial charge in [-0.2, -0.15) is 0 Å². The van der Waals surface area contributed by atoms with Gasteiger partial charge in [0.25, 0.3) is 0 Å². The Morgan fingerprint density at radius 1 is 0.615 bits per heavy atom. The Kier molecular flexibility index (Phi) is 8.26. The molecule has 1 rings (SSSR count). The summed E-state index contributed by atoms with van der Waals surface area (Å²) < 4.78 is 1.46. The average Bonchev–Trinajstić information content (AvgIpc) is 2.24. The van der Waals surface area contributed by atoms with Crippen LogP contribution in [-0.2, 0) is 31.7 Å². The van der Waals surface area contributed by atoms with Crippen molar-refractivity contribution >= 4 is 14.0 Å². The number of hydrogen-bond acceptors (Lipinski definition) is 3. The second-order valence-electron chi connectivity index (χ2n) is 1.85. The fraction of sp³-hybridized carbons (Fsp3) is 0. The first-order chi connectivity index (χ1) is 6.35. The molecule has 3 nitrogen and oxygen atoms in total. The maximum atomic E-state index is 9.59. The van der Waals surface area contributed by atoms with E-state index in [-0.39, 0.29) is 0 Å². The predicted octanol–water partition coefficient (Wildman–Crippen LogP) is 0.862. The van der Waals surface area contributed by atoms with E-state index < -0.39 is 17.3 Å². The van der Waals surface area contributed by atoms with Gasteiger partial charge in [0.05, 0.1) is 0 Å². The van der Waals surface area contributed by atoms with Crippen molar-refractivity contribution in [3.63, 3.8) is 0 Å². The summed E-state index contributed by atoms with van der Waals surface area (Å²) in [6, 6.07) is 12.0. The number of carbonyl (C=O) groups excluding carboxylic acids is 3. The van der Waals surface area contributed by atoms with Crippen LogP contribution in [-0.4, -0.2) is 14.0 Å². The molecule has 0 radical (unpaired) electrons. The SMILES string of the molecule is O=[CH][W]([CH]=O)[CH]=O.c1ccccc1. The summed E-state index contributed by atoms with van der Waals surface area (Å²) >= 11 is -2.68. The van der Waals surface area contributed by atoms with Crippen LogP contribution in [0.25, 0.3) is 0 Å². The second kappa shape index (κ2) is 9.01. The average molecular weight is 349 g/mol. The summed E-state index contributed by atoms with van der Waals surface area (Å²) in [5.74, 6) is 0. The molecule has 0 aliphatic heterocycles. The van der Waals surface area contributed by atoms with Gasteiger partial charge in [0.1, 0.15) is 0 Å². The number of hydrogen-bond donors (Lipinski definition) is 0. The van der Waals surface area contributed by atoms with E-state index >= 15 is 0 Å². The molecule has 0 N–H and O–H groups in total. The minimum absolute atomic E-state index is 0.486. The van der Waals surface area contributed by atoms with E-state index in [0.717, 1.165) is 0 Å². The molecule has 13 heavy (non-hydrogen) atoms. The molecule has 0 saturated heterocycles. The van der Waals surface area contributed by atoms with Gasteiger partial charge in [-0.25, -0.2) is 0 Å². The van der Waals surface area contributed by atoms with Crippen LogP contribution in [0.2, 0.25) is 0 Å². The van der Waals surface area contributed by atoms with E-state index in [9.17, 15) is 14.4 Å². The molecule has 0 amide bonds.